The second kappa shape index (κ2) is 6.02. The predicted octanol–water partition coefficient (Wildman–Crippen LogP) is 4.83. The summed E-state index contributed by atoms with van der Waals surface area (Å²) in [5.41, 5.74) is 1.30. The van der Waals surface area contributed by atoms with Gasteiger partial charge in [-0.3, -0.25) is 4.79 Å². The largest absolute Gasteiger partial charge is 0.467 e. The summed E-state index contributed by atoms with van der Waals surface area (Å²) in [6.07, 6.45) is 5.93. The van der Waals surface area contributed by atoms with Crippen molar-refractivity contribution >= 4 is 29.2 Å². The van der Waals surface area contributed by atoms with E-state index in [9.17, 15) is 4.79 Å². The molecule has 6 rings (SSSR count). The average Bonchev–Trinajstić information content (AvgIpc) is 2.57. The molecule has 0 N–H and O–H groups in total. The van der Waals surface area contributed by atoms with Crippen LogP contribution in [0.4, 0.5) is 0 Å². The Labute approximate surface area is 163 Å². The first-order valence-electron chi connectivity index (χ1n) is 9.33. The molecule has 5 aliphatic rings. The number of benzene rings is 1. The molecule has 26 heavy (non-hydrogen) atoms. The summed E-state index contributed by atoms with van der Waals surface area (Å²) in [7, 11) is 0. The maximum atomic E-state index is 13.1. The van der Waals surface area contributed by atoms with Gasteiger partial charge in [0.25, 0.3) is 0 Å². The fourth-order valence-electron chi connectivity index (χ4n) is 6.05. The minimum atomic E-state index is -0.394. The number of carbonyl (C=O) groups is 1. The number of hydrogen-bond acceptors (Lipinski definition) is 4. The zero-order valence-electron chi connectivity index (χ0n) is 14.6. The molecular formula is C20H22Cl2O4. The van der Waals surface area contributed by atoms with Crippen molar-refractivity contribution in [2.75, 3.05) is 6.79 Å². The molecule has 0 aromatic heterocycles. The molecule has 1 aromatic carbocycles. The van der Waals surface area contributed by atoms with E-state index < -0.39 is 5.41 Å². The number of rotatable bonds is 3. The smallest absolute Gasteiger partial charge is 0.312 e. The highest BCUT2D eigenvalue weighted by molar-refractivity contribution is 6.30. The molecule has 4 fully saturated rings. The van der Waals surface area contributed by atoms with Gasteiger partial charge in [0.15, 0.2) is 6.79 Å². The van der Waals surface area contributed by atoms with Gasteiger partial charge in [0.1, 0.15) is 12.4 Å². The number of esters is 1. The van der Waals surface area contributed by atoms with E-state index in [4.69, 9.17) is 37.4 Å². The lowest BCUT2D eigenvalue weighted by Crippen LogP contribution is -2.56. The zero-order valence-corrected chi connectivity index (χ0v) is 16.1. The quantitative estimate of drug-likeness (QED) is 0.542. The van der Waals surface area contributed by atoms with Gasteiger partial charge in [0.05, 0.1) is 12.0 Å². The molecule has 0 spiro atoms. The molecule has 0 radical (unpaired) electrons. The van der Waals surface area contributed by atoms with Gasteiger partial charge in [-0.25, -0.2) is 0 Å². The summed E-state index contributed by atoms with van der Waals surface area (Å²) in [6.45, 7) is 0.838. The highest BCUT2D eigenvalue weighted by Crippen LogP contribution is 2.64. The lowest BCUT2D eigenvalue weighted by molar-refractivity contribution is -0.171. The summed E-state index contributed by atoms with van der Waals surface area (Å²) >= 11 is 13.0. The molecule has 2 unspecified atom stereocenters. The minimum absolute atomic E-state index is 0.0996. The fourth-order valence-corrected chi connectivity index (χ4v) is 7.01. The Morgan fingerprint density at radius 1 is 1.23 bits per heavy atom. The van der Waals surface area contributed by atoms with E-state index >= 15 is 0 Å². The summed E-state index contributed by atoms with van der Waals surface area (Å²) in [5.74, 6) is 1.77. The third-order valence-electron chi connectivity index (χ3n) is 6.53. The van der Waals surface area contributed by atoms with Crippen LogP contribution in [0.5, 0.6) is 5.75 Å². The van der Waals surface area contributed by atoms with Crippen LogP contribution in [0, 0.1) is 17.3 Å². The lowest BCUT2D eigenvalue weighted by Gasteiger charge is -2.58. The third kappa shape index (κ3) is 2.81. The van der Waals surface area contributed by atoms with E-state index in [2.05, 4.69) is 0 Å². The van der Waals surface area contributed by atoms with Crippen LogP contribution in [0.3, 0.4) is 0 Å². The lowest BCUT2D eigenvalue weighted by atomic mass is 9.49. The molecule has 1 aromatic rings. The monoisotopic (exact) mass is 396 g/mol. The molecular weight excluding hydrogens is 375 g/mol. The summed E-state index contributed by atoms with van der Waals surface area (Å²) < 4.78 is 16.7. The van der Waals surface area contributed by atoms with Crippen LogP contribution in [0.25, 0.3) is 0 Å². The van der Waals surface area contributed by atoms with Crippen LogP contribution >= 0.6 is 23.2 Å². The Morgan fingerprint density at radius 2 is 2.00 bits per heavy atom. The predicted molar refractivity (Wildman–Crippen MR) is 97.2 cm³/mol. The number of carbonyl (C=O) groups excluding carboxylic acids is 1. The van der Waals surface area contributed by atoms with Crippen molar-refractivity contribution in [3.63, 3.8) is 0 Å². The number of fused-ring (bicyclic) bond motifs is 1. The fraction of sp³-hybridized carbons (Fsp3) is 0.650. The molecule has 6 heteroatoms. The molecule has 4 saturated carbocycles. The second-order valence-electron chi connectivity index (χ2n) is 8.63. The van der Waals surface area contributed by atoms with Gasteiger partial charge in [0, 0.05) is 21.0 Å². The van der Waals surface area contributed by atoms with Gasteiger partial charge < -0.3 is 14.2 Å². The normalized spacial score (nSPS) is 37.2. The van der Waals surface area contributed by atoms with Crippen LogP contribution in [0.15, 0.2) is 12.1 Å². The van der Waals surface area contributed by atoms with Crippen LogP contribution in [0.2, 0.25) is 5.02 Å². The van der Waals surface area contributed by atoms with E-state index in [0.717, 1.165) is 49.0 Å². The average molecular weight is 397 g/mol. The highest BCUT2D eigenvalue weighted by Gasteiger charge is 2.60. The van der Waals surface area contributed by atoms with Gasteiger partial charge >= 0.3 is 5.97 Å². The van der Waals surface area contributed by atoms with E-state index in [-0.39, 0.29) is 24.2 Å². The molecule has 4 atom stereocenters. The summed E-state index contributed by atoms with van der Waals surface area (Å²) in [6, 6.07) is 3.64. The Balaban J connectivity index is 1.35. The van der Waals surface area contributed by atoms with Crippen LogP contribution < -0.4 is 4.74 Å². The molecule has 4 aliphatic carbocycles. The number of ether oxygens (including phenoxy) is 3. The number of hydrogen-bond donors (Lipinski definition) is 0. The maximum Gasteiger partial charge on any atom is 0.312 e. The van der Waals surface area contributed by atoms with Crippen molar-refractivity contribution in [3.05, 3.63) is 28.3 Å². The summed E-state index contributed by atoms with van der Waals surface area (Å²) in [5, 5.41) is 0.596. The Morgan fingerprint density at radius 3 is 2.73 bits per heavy atom. The van der Waals surface area contributed by atoms with Crippen molar-refractivity contribution in [1.29, 1.82) is 0 Å². The molecule has 0 saturated heterocycles. The van der Waals surface area contributed by atoms with Crippen molar-refractivity contribution in [2.24, 2.45) is 17.3 Å². The van der Waals surface area contributed by atoms with Gasteiger partial charge in [0.2, 0.25) is 0 Å². The second-order valence-corrected chi connectivity index (χ2v) is 9.87. The first kappa shape index (κ1) is 17.2. The van der Waals surface area contributed by atoms with E-state index in [1.165, 1.54) is 6.42 Å². The molecule has 0 amide bonds. The number of alkyl halides is 1. The molecule has 1 aliphatic heterocycles. The maximum absolute atomic E-state index is 13.1. The third-order valence-corrected chi connectivity index (χ3v) is 7.19. The van der Waals surface area contributed by atoms with Crippen molar-refractivity contribution < 1.29 is 19.0 Å². The van der Waals surface area contributed by atoms with Crippen molar-refractivity contribution in [1.82, 2.24) is 0 Å². The van der Waals surface area contributed by atoms with Gasteiger partial charge in [-0.15, -0.1) is 11.6 Å². The van der Waals surface area contributed by atoms with Crippen molar-refractivity contribution in [3.8, 4) is 5.75 Å². The Bertz CT molecular complexity index is 748. The zero-order chi connectivity index (χ0) is 17.9. The van der Waals surface area contributed by atoms with Gasteiger partial charge in [-0.2, -0.15) is 0 Å². The van der Waals surface area contributed by atoms with Gasteiger partial charge in [-0.1, -0.05) is 11.6 Å². The Kier molecular flexibility index (Phi) is 3.97. The van der Waals surface area contributed by atoms with E-state index in [1.54, 1.807) is 0 Å². The summed E-state index contributed by atoms with van der Waals surface area (Å²) in [4.78, 5) is 12.9. The first-order chi connectivity index (χ1) is 12.4. The highest BCUT2D eigenvalue weighted by atomic mass is 35.5. The molecule has 4 nitrogen and oxygen atoms in total. The van der Waals surface area contributed by atoms with Crippen LogP contribution in [0.1, 0.15) is 49.7 Å². The van der Waals surface area contributed by atoms with Crippen LogP contribution in [-0.4, -0.2) is 17.6 Å². The molecule has 1 heterocycles. The van der Waals surface area contributed by atoms with E-state index in [0.29, 0.717) is 23.5 Å². The van der Waals surface area contributed by atoms with Gasteiger partial charge in [-0.05, 0) is 62.5 Å². The Hall–Kier alpha value is -0.970. The topological polar surface area (TPSA) is 44.8 Å². The number of halogens is 2. The molecule has 4 bridgehead atoms. The molecule has 140 valence electrons. The standard InChI is InChI=1S/C20H22Cl2O4/c21-16-2-14-8-24-11-26-17(14)15(3-16)9-25-18(23)19-4-12-1-13(5-19)7-20(22,6-12)10-19/h2-3,12-13H,1,4-11H2/t12-,13+,19?,20?. The van der Waals surface area contributed by atoms with Crippen LogP contribution in [-0.2, 0) is 27.5 Å². The van der Waals surface area contributed by atoms with Crippen molar-refractivity contribution in [2.45, 2.75) is 56.6 Å². The first-order valence-corrected chi connectivity index (χ1v) is 10.1. The van der Waals surface area contributed by atoms with E-state index in [1.807, 2.05) is 12.1 Å². The SMILES string of the molecule is O=C(OCc1cc(Cl)cc2c1OCOC2)C12C[C@@H]3C[C@@H](CC(Cl)(C3)C1)C2. The minimum Gasteiger partial charge on any atom is -0.467 e.